The Kier molecular flexibility index (Phi) is 6.55. The van der Waals surface area contributed by atoms with Crippen LogP contribution in [0.25, 0.3) is 6.08 Å². The minimum atomic E-state index is -3.94. The van der Waals surface area contributed by atoms with Crippen molar-refractivity contribution in [3.05, 3.63) is 60.1 Å². The number of hydrogen-bond acceptors (Lipinski definition) is 8. The standard InChI is InChI=1S/C20H20N4O6S/c1-13-4-7-15(30-13)8-11-18(25)21-14-5-9-16(10-6-14)31(26,27)24-17-12-19(28-2)23-20(22-17)29-3/h4-12H,1-3H3,(H,21,25)(H,22,23,24). The van der Waals surface area contributed by atoms with Gasteiger partial charge in [-0.15, -0.1) is 0 Å². The molecule has 0 saturated heterocycles. The van der Waals surface area contributed by atoms with Gasteiger partial charge in [-0.2, -0.15) is 9.97 Å². The summed E-state index contributed by atoms with van der Waals surface area (Å²) in [5.41, 5.74) is 0.426. The summed E-state index contributed by atoms with van der Waals surface area (Å²) < 4.78 is 42.9. The third-order valence-electron chi connectivity index (χ3n) is 3.91. The topological polar surface area (TPSA) is 133 Å². The van der Waals surface area contributed by atoms with Crippen molar-refractivity contribution < 1.29 is 27.1 Å². The molecule has 0 bridgehead atoms. The molecular weight excluding hydrogens is 424 g/mol. The predicted molar refractivity (Wildman–Crippen MR) is 113 cm³/mol. The summed E-state index contributed by atoms with van der Waals surface area (Å²) >= 11 is 0. The van der Waals surface area contributed by atoms with Gasteiger partial charge in [-0.1, -0.05) is 0 Å². The Bertz CT molecular complexity index is 1180. The number of sulfonamides is 1. The van der Waals surface area contributed by atoms with Gasteiger partial charge in [-0.25, -0.2) is 8.42 Å². The number of carbonyl (C=O) groups is 1. The Morgan fingerprint density at radius 2 is 1.81 bits per heavy atom. The summed E-state index contributed by atoms with van der Waals surface area (Å²) in [6.45, 7) is 1.81. The minimum Gasteiger partial charge on any atom is -0.481 e. The van der Waals surface area contributed by atoms with E-state index in [0.717, 1.165) is 5.76 Å². The van der Waals surface area contributed by atoms with Crippen molar-refractivity contribution in [3.8, 4) is 11.9 Å². The number of anilines is 2. The molecule has 10 nitrogen and oxygen atoms in total. The molecule has 2 N–H and O–H groups in total. The van der Waals surface area contributed by atoms with Crippen LogP contribution in [0.15, 0.2) is 57.9 Å². The second kappa shape index (κ2) is 9.30. The van der Waals surface area contributed by atoms with Crippen LogP contribution in [0.5, 0.6) is 11.9 Å². The van der Waals surface area contributed by atoms with E-state index in [2.05, 4.69) is 20.0 Å². The summed E-state index contributed by atoms with van der Waals surface area (Å²) in [7, 11) is -1.20. The highest BCUT2D eigenvalue weighted by atomic mass is 32.2. The molecule has 0 aliphatic heterocycles. The van der Waals surface area contributed by atoms with E-state index in [-0.39, 0.29) is 28.5 Å². The molecule has 2 heterocycles. The normalized spacial score (nSPS) is 11.3. The number of benzene rings is 1. The molecule has 31 heavy (non-hydrogen) atoms. The van der Waals surface area contributed by atoms with Gasteiger partial charge in [0, 0.05) is 17.8 Å². The molecule has 0 aliphatic rings. The summed E-state index contributed by atoms with van der Waals surface area (Å²) in [6.07, 6.45) is 2.86. The highest BCUT2D eigenvalue weighted by Crippen LogP contribution is 2.21. The molecule has 0 unspecified atom stereocenters. The number of methoxy groups -OCH3 is 2. The van der Waals surface area contributed by atoms with Crippen LogP contribution in [-0.2, 0) is 14.8 Å². The number of amides is 1. The van der Waals surface area contributed by atoms with Crippen LogP contribution in [0, 0.1) is 6.92 Å². The third kappa shape index (κ3) is 5.82. The number of carbonyl (C=O) groups excluding carboxylic acids is 1. The molecule has 0 saturated carbocycles. The number of rotatable bonds is 8. The summed E-state index contributed by atoms with van der Waals surface area (Å²) in [6, 6.07) is 10.5. The van der Waals surface area contributed by atoms with E-state index >= 15 is 0 Å². The van der Waals surface area contributed by atoms with E-state index < -0.39 is 10.0 Å². The van der Waals surface area contributed by atoms with E-state index in [9.17, 15) is 13.2 Å². The fraction of sp³-hybridized carbons (Fsp3) is 0.150. The largest absolute Gasteiger partial charge is 0.481 e. The highest BCUT2D eigenvalue weighted by Gasteiger charge is 2.17. The van der Waals surface area contributed by atoms with Gasteiger partial charge >= 0.3 is 6.01 Å². The van der Waals surface area contributed by atoms with Crippen LogP contribution in [0.1, 0.15) is 11.5 Å². The van der Waals surface area contributed by atoms with Crippen LogP contribution in [0.3, 0.4) is 0 Å². The Balaban J connectivity index is 1.68. The fourth-order valence-corrected chi connectivity index (χ4v) is 3.44. The van der Waals surface area contributed by atoms with Crippen molar-refractivity contribution in [1.29, 1.82) is 0 Å². The quantitative estimate of drug-likeness (QED) is 0.507. The van der Waals surface area contributed by atoms with E-state index in [1.165, 1.54) is 56.7 Å². The van der Waals surface area contributed by atoms with E-state index in [4.69, 9.17) is 13.9 Å². The Morgan fingerprint density at radius 3 is 2.42 bits per heavy atom. The van der Waals surface area contributed by atoms with Crippen molar-refractivity contribution in [2.24, 2.45) is 0 Å². The molecule has 162 valence electrons. The maximum absolute atomic E-state index is 12.6. The van der Waals surface area contributed by atoms with Crippen molar-refractivity contribution in [3.63, 3.8) is 0 Å². The van der Waals surface area contributed by atoms with E-state index in [1.807, 2.05) is 0 Å². The van der Waals surface area contributed by atoms with Crippen molar-refractivity contribution >= 4 is 33.5 Å². The number of aryl methyl sites for hydroxylation is 1. The number of nitrogens with zero attached hydrogens (tertiary/aromatic N) is 2. The molecule has 0 spiro atoms. The lowest BCUT2D eigenvalue weighted by Crippen LogP contribution is -2.15. The Hall–Kier alpha value is -3.86. The van der Waals surface area contributed by atoms with Crippen LogP contribution in [-0.4, -0.2) is 38.5 Å². The highest BCUT2D eigenvalue weighted by molar-refractivity contribution is 7.92. The lowest BCUT2D eigenvalue weighted by molar-refractivity contribution is -0.111. The Labute approximate surface area is 179 Å². The van der Waals surface area contributed by atoms with Gasteiger partial charge in [0.05, 0.1) is 19.1 Å². The van der Waals surface area contributed by atoms with Crippen LogP contribution >= 0.6 is 0 Å². The lowest BCUT2D eigenvalue weighted by Gasteiger charge is -2.10. The molecule has 0 radical (unpaired) electrons. The molecule has 11 heteroatoms. The SMILES string of the molecule is COc1cc(NS(=O)(=O)c2ccc(NC(=O)C=Cc3ccc(C)o3)cc2)nc(OC)n1. The average Bonchev–Trinajstić information content (AvgIpc) is 3.17. The molecule has 0 aliphatic carbocycles. The monoisotopic (exact) mass is 444 g/mol. The van der Waals surface area contributed by atoms with Crippen LogP contribution in [0.4, 0.5) is 11.5 Å². The minimum absolute atomic E-state index is 0.0145. The first-order valence-corrected chi connectivity index (χ1v) is 10.4. The zero-order valence-electron chi connectivity index (χ0n) is 16.9. The maximum Gasteiger partial charge on any atom is 0.321 e. The van der Waals surface area contributed by atoms with Crippen molar-refractivity contribution in [2.75, 3.05) is 24.3 Å². The van der Waals surface area contributed by atoms with Crippen LogP contribution in [0.2, 0.25) is 0 Å². The predicted octanol–water partition coefficient (Wildman–Crippen LogP) is 2.85. The molecule has 3 aromatic rings. The van der Waals surface area contributed by atoms with Gasteiger partial charge in [0.1, 0.15) is 11.5 Å². The maximum atomic E-state index is 12.6. The summed E-state index contributed by atoms with van der Waals surface area (Å²) in [5.74, 6) is 1.03. The van der Waals surface area contributed by atoms with Crippen molar-refractivity contribution in [1.82, 2.24) is 9.97 Å². The van der Waals surface area contributed by atoms with Gasteiger partial charge in [0.2, 0.25) is 11.8 Å². The van der Waals surface area contributed by atoms with E-state index in [1.54, 1.807) is 19.1 Å². The lowest BCUT2D eigenvalue weighted by atomic mass is 10.3. The number of aromatic nitrogens is 2. The van der Waals surface area contributed by atoms with Gasteiger partial charge in [-0.05, 0) is 49.4 Å². The second-order valence-corrected chi connectivity index (χ2v) is 7.87. The fourth-order valence-electron chi connectivity index (χ4n) is 2.45. The second-order valence-electron chi connectivity index (χ2n) is 6.18. The van der Waals surface area contributed by atoms with Crippen molar-refractivity contribution in [2.45, 2.75) is 11.8 Å². The van der Waals surface area contributed by atoms with E-state index in [0.29, 0.717) is 11.4 Å². The average molecular weight is 444 g/mol. The van der Waals surface area contributed by atoms with Gasteiger partial charge in [0.25, 0.3) is 10.0 Å². The number of furan rings is 1. The zero-order chi connectivity index (χ0) is 22.4. The first kappa shape index (κ1) is 21.8. The number of nitrogens with one attached hydrogen (secondary N) is 2. The zero-order valence-corrected chi connectivity index (χ0v) is 17.8. The van der Waals surface area contributed by atoms with Gasteiger partial charge < -0.3 is 19.2 Å². The molecular formula is C20H20N4O6S. The number of ether oxygens (including phenoxy) is 2. The summed E-state index contributed by atoms with van der Waals surface area (Å²) in [4.78, 5) is 19.8. The third-order valence-corrected chi connectivity index (χ3v) is 5.28. The van der Waals surface area contributed by atoms with Crippen LogP contribution < -0.4 is 19.5 Å². The molecule has 1 amide bonds. The molecule has 3 rings (SSSR count). The summed E-state index contributed by atoms with van der Waals surface area (Å²) in [5, 5.41) is 2.64. The molecule has 2 aromatic heterocycles. The molecule has 0 atom stereocenters. The molecule has 0 fully saturated rings. The van der Waals surface area contributed by atoms with Gasteiger partial charge in [0.15, 0.2) is 5.82 Å². The first-order chi connectivity index (χ1) is 14.8. The smallest absolute Gasteiger partial charge is 0.321 e. The van der Waals surface area contributed by atoms with Gasteiger partial charge in [-0.3, -0.25) is 9.52 Å². The Morgan fingerprint density at radius 1 is 1.06 bits per heavy atom. The molecule has 1 aromatic carbocycles. The number of hydrogen-bond donors (Lipinski definition) is 2. The first-order valence-electron chi connectivity index (χ1n) is 8.94.